The average Bonchev–Trinajstić information content (AvgIpc) is 2.77. The molecule has 1 aliphatic rings. The lowest BCUT2D eigenvalue weighted by molar-refractivity contribution is 0.0792. The molecule has 0 spiro atoms. The molecule has 0 atom stereocenters. The van der Waals surface area contributed by atoms with Gasteiger partial charge in [0.15, 0.2) is 5.96 Å². The van der Waals surface area contributed by atoms with Gasteiger partial charge in [0.05, 0.1) is 12.6 Å². The summed E-state index contributed by atoms with van der Waals surface area (Å²) >= 11 is 0. The van der Waals surface area contributed by atoms with Crippen LogP contribution in [-0.4, -0.2) is 48.2 Å². The van der Waals surface area contributed by atoms with Crippen molar-refractivity contribution < 1.29 is 13.9 Å². The molecule has 1 aliphatic heterocycles. The lowest BCUT2D eigenvalue weighted by atomic mass is 10.1. The highest BCUT2D eigenvalue weighted by Crippen LogP contribution is 2.14. The molecular weight excluding hydrogens is 525 g/mol. The Morgan fingerprint density at radius 2 is 1.75 bits per heavy atom. The minimum Gasteiger partial charge on any atom is -0.393 e. The lowest BCUT2D eigenvalue weighted by Gasteiger charge is -2.29. The number of aliphatic imine (C=N–C) groups is 1. The lowest BCUT2D eigenvalue weighted by Crippen LogP contribution is -2.38. The highest BCUT2D eigenvalue weighted by Gasteiger charge is 2.16. The Hall–Kier alpha value is -1.78. The number of likely N-dealkylation sites (tertiary alicyclic amines) is 1. The van der Waals surface area contributed by atoms with Crippen LogP contribution >= 0.6 is 24.0 Å². The number of hydrogen-bond donors (Lipinski definition) is 3. The van der Waals surface area contributed by atoms with Gasteiger partial charge in [-0.1, -0.05) is 24.3 Å². The third-order valence-electron chi connectivity index (χ3n) is 5.44. The van der Waals surface area contributed by atoms with Gasteiger partial charge in [-0.05, 0) is 61.1 Å². The molecule has 8 heteroatoms. The van der Waals surface area contributed by atoms with E-state index in [1.807, 2.05) is 6.92 Å². The first-order valence-electron chi connectivity index (χ1n) is 11.0. The molecule has 0 saturated carbocycles. The quantitative estimate of drug-likeness (QED) is 0.262. The molecule has 0 aliphatic carbocycles. The Kier molecular flexibility index (Phi) is 11.3. The molecular formula is C24H33F2IN4O. The van der Waals surface area contributed by atoms with Crippen molar-refractivity contribution in [3.05, 3.63) is 70.8 Å². The molecule has 1 fully saturated rings. The van der Waals surface area contributed by atoms with Crippen molar-refractivity contribution in [2.24, 2.45) is 4.99 Å². The van der Waals surface area contributed by atoms with Gasteiger partial charge < -0.3 is 15.7 Å². The fourth-order valence-electron chi connectivity index (χ4n) is 3.65. The fourth-order valence-corrected chi connectivity index (χ4v) is 3.65. The average molecular weight is 558 g/mol. The maximum atomic E-state index is 13.8. The standard InChI is InChI=1S/C24H32F2N4O.HI/c1-2-27-24(28-12-9-20-15-21(25)7-8-23(20)26)29-16-18-3-5-19(6-4-18)17-30-13-10-22(31)11-14-30;/h3-8,15,22,31H,2,9-14,16-17H2,1H3,(H2,27,28,29);1H. The molecule has 2 aromatic carbocycles. The predicted molar refractivity (Wildman–Crippen MR) is 135 cm³/mol. The fraction of sp³-hybridized carbons (Fsp3) is 0.458. The molecule has 5 nitrogen and oxygen atoms in total. The van der Waals surface area contributed by atoms with E-state index in [1.165, 1.54) is 11.6 Å². The van der Waals surface area contributed by atoms with E-state index in [2.05, 4.69) is 44.8 Å². The summed E-state index contributed by atoms with van der Waals surface area (Å²) in [6, 6.07) is 11.9. The van der Waals surface area contributed by atoms with Crippen LogP contribution in [0.3, 0.4) is 0 Å². The van der Waals surface area contributed by atoms with Crippen LogP contribution in [0, 0.1) is 11.6 Å². The number of rotatable bonds is 8. The largest absolute Gasteiger partial charge is 0.393 e. The van der Waals surface area contributed by atoms with Crippen molar-refractivity contribution in [2.45, 2.75) is 45.4 Å². The number of nitrogens with zero attached hydrogens (tertiary/aromatic N) is 2. The van der Waals surface area contributed by atoms with E-state index in [9.17, 15) is 13.9 Å². The van der Waals surface area contributed by atoms with E-state index in [1.54, 1.807) is 0 Å². The normalized spacial score (nSPS) is 15.3. The van der Waals surface area contributed by atoms with Crippen LogP contribution in [0.25, 0.3) is 0 Å². The Labute approximate surface area is 206 Å². The Balaban J connectivity index is 0.00000363. The zero-order valence-electron chi connectivity index (χ0n) is 18.5. The van der Waals surface area contributed by atoms with Gasteiger partial charge in [-0.25, -0.2) is 13.8 Å². The summed E-state index contributed by atoms with van der Waals surface area (Å²) in [6.45, 7) is 6.45. The van der Waals surface area contributed by atoms with Crippen LogP contribution in [0.15, 0.2) is 47.5 Å². The summed E-state index contributed by atoms with van der Waals surface area (Å²) in [5.74, 6) is -0.181. The second kappa shape index (κ2) is 13.7. The van der Waals surface area contributed by atoms with Gasteiger partial charge in [-0.3, -0.25) is 4.90 Å². The molecule has 0 unspecified atom stereocenters. The molecule has 32 heavy (non-hydrogen) atoms. The number of guanidine groups is 1. The topological polar surface area (TPSA) is 59.9 Å². The van der Waals surface area contributed by atoms with E-state index >= 15 is 0 Å². The first-order chi connectivity index (χ1) is 15.0. The van der Waals surface area contributed by atoms with Gasteiger partial charge in [0.1, 0.15) is 11.6 Å². The number of benzene rings is 2. The third kappa shape index (κ3) is 8.63. The van der Waals surface area contributed by atoms with Gasteiger partial charge in [0.25, 0.3) is 0 Å². The first-order valence-corrected chi connectivity index (χ1v) is 11.0. The molecule has 176 valence electrons. The van der Waals surface area contributed by atoms with Crippen LogP contribution in [0.2, 0.25) is 0 Å². The Bertz CT molecular complexity index is 856. The SMILES string of the molecule is CCNC(=NCc1ccc(CN2CCC(O)CC2)cc1)NCCc1cc(F)ccc1F.I. The van der Waals surface area contributed by atoms with Crippen LogP contribution in [0.5, 0.6) is 0 Å². The van der Waals surface area contributed by atoms with Gasteiger partial charge in [0, 0.05) is 32.7 Å². The highest BCUT2D eigenvalue weighted by atomic mass is 127. The van der Waals surface area contributed by atoms with Crippen molar-refractivity contribution in [3.8, 4) is 0 Å². The van der Waals surface area contributed by atoms with Gasteiger partial charge in [-0.15, -0.1) is 24.0 Å². The summed E-state index contributed by atoms with van der Waals surface area (Å²) < 4.78 is 27.1. The Morgan fingerprint density at radius 3 is 2.44 bits per heavy atom. The van der Waals surface area contributed by atoms with Crippen LogP contribution in [0.1, 0.15) is 36.5 Å². The monoisotopic (exact) mass is 558 g/mol. The van der Waals surface area contributed by atoms with Crippen LogP contribution < -0.4 is 10.6 Å². The zero-order valence-corrected chi connectivity index (χ0v) is 20.8. The molecule has 0 aromatic heterocycles. The van der Waals surface area contributed by atoms with E-state index in [-0.39, 0.29) is 30.1 Å². The number of piperidine rings is 1. The molecule has 3 rings (SSSR count). The molecule has 0 amide bonds. The first kappa shape index (κ1) is 26.5. The maximum absolute atomic E-state index is 13.8. The zero-order chi connectivity index (χ0) is 22.1. The number of halogens is 3. The van der Waals surface area contributed by atoms with E-state index in [0.29, 0.717) is 37.6 Å². The minimum atomic E-state index is -0.432. The van der Waals surface area contributed by atoms with E-state index in [4.69, 9.17) is 0 Å². The molecule has 3 N–H and O–H groups in total. The summed E-state index contributed by atoms with van der Waals surface area (Å²) in [7, 11) is 0. The highest BCUT2D eigenvalue weighted by molar-refractivity contribution is 14.0. The van der Waals surface area contributed by atoms with Crippen molar-refractivity contribution in [2.75, 3.05) is 26.2 Å². The predicted octanol–water partition coefficient (Wildman–Crippen LogP) is 3.84. The van der Waals surface area contributed by atoms with Crippen molar-refractivity contribution >= 4 is 29.9 Å². The summed E-state index contributed by atoms with van der Waals surface area (Å²) in [5, 5.41) is 16.0. The maximum Gasteiger partial charge on any atom is 0.191 e. The van der Waals surface area contributed by atoms with Crippen molar-refractivity contribution in [1.82, 2.24) is 15.5 Å². The molecule has 0 bridgehead atoms. The summed E-state index contributed by atoms with van der Waals surface area (Å²) in [4.78, 5) is 6.97. The van der Waals surface area contributed by atoms with Crippen LogP contribution in [0.4, 0.5) is 8.78 Å². The summed E-state index contributed by atoms with van der Waals surface area (Å²) in [6.07, 6.45) is 1.91. The van der Waals surface area contributed by atoms with Crippen LogP contribution in [-0.2, 0) is 19.5 Å². The number of hydrogen-bond acceptors (Lipinski definition) is 3. The van der Waals surface area contributed by atoms with Gasteiger partial charge in [0.2, 0.25) is 0 Å². The number of aliphatic hydroxyl groups is 1. The minimum absolute atomic E-state index is 0. The number of nitrogens with one attached hydrogen (secondary N) is 2. The van der Waals surface area contributed by atoms with Gasteiger partial charge >= 0.3 is 0 Å². The number of aliphatic hydroxyl groups excluding tert-OH is 1. The summed E-state index contributed by atoms with van der Waals surface area (Å²) in [5.41, 5.74) is 2.71. The van der Waals surface area contributed by atoms with Crippen molar-refractivity contribution in [1.29, 1.82) is 0 Å². The molecule has 1 saturated heterocycles. The van der Waals surface area contributed by atoms with E-state index in [0.717, 1.165) is 50.2 Å². The molecule has 2 aromatic rings. The molecule has 1 heterocycles. The third-order valence-corrected chi connectivity index (χ3v) is 5.44. The second-order valence-electron chi connectivity index (χ2n) is 7.93. The molecule has 0 radical (unpaired) electrons. The van der Waals surface area contributed by atoms with Gasteiger partial charge in [-0.2, -0.15) is 0 Å². The van der Waals surface area contributed by atoms with E-state index < -0.39 is 11.6 Å². The smallest absolute Gasteiger partial charge is 0.191 e. The van der Waals surface area contributed by atoms with Crippen molar-refractivity contribution in [3.63, 3.8) is 0 Å². The second-order valence-corrected chi connectivity index (χ2v) is 7.93. The Morgan fingerprint density at radius 1 is 1.06 bits per heavy atom.